The van der Waals surface area contributed by atoms with Gasteiger partial charge in [0, 0.05) is 43.9 Å². The van der Waals surface area contributed by atoms with Crippen LogP contribution in [0.25, 0.3) is 0 Å². The second kappa shape index (κ2) is 6.45. The lowest BCUT2D eigenvalue weighted by molar-refractivity contribution is -0.127. The number of aromatic nitrogens is 2. The van der Waals surface area contributed by atoms with E-state index in [1.165, 1.54) is 12.8 Å². The molecule has 146 valence electrons. The number of hydrogen-bond donors (Lipinski definition) is 0. The molecule has 2 saturated heterocycles. The molecule has 0 unspecified atom stereocenters. The third-order valence-corrected chi connectivity index (χ3v) is 6.36. The van der Waals surface area contributed by atoms with Crippen LogP contribution in [0.4, 0.5) is 5.95 Å². The number of amides is 1. The Bertz CT molecular complexity index is 704. The molecule has 0 N–H and O–H groups in total. The molecular weight excluding hydrogens is 343 g/mol. The highest BCUT2D eigenvalue weighted by atomic mass is 16.7. The van der Waals surface area contributed by atoms with Crippen LogP contribution in [0, 0.1) is 0 Å². The Hall–Kier alpha value is -1.67. The van der Waals surface area contributed by atoms with Gasteiger partial charge in [0.25, 0.3) is 0 Å². The van der Waals surface area contributed by atoms with Crippen LogP contribution in [0.1, 0.15) is 53.9 Å². The summed E-state index contributed by atoms with van der Waals surface area (Å²) in [6, 6.07) is 0.786. The van der Waals surface area contributed by atoms with E-state index in [2.05, 4.69) is 14.9 Å². The fourth-order valence-electron chi connectivity index (χ4n) is 3.80. The molecule has 3 heterocycles. The smallest absolute Gasteiger partial charge is 0.399 e. The summed E-state index contributed by atoms with van der Waals surface area (Å²) in [7, 11) is -0.446. The van der Waals surface area contributed by atoms with Crippen LogP contribution in [0.5, 0.6) is 0 Å². The molecule has 0 radical (unpaired) electrons. The van der Waals surface area contributed by atoms with Crippen molar-refractivity contribution in [2.75, 3.05) is 18.0 Å². The number of rotatable bonds is 4. The molecule has 1 aromatic rings. The minimum atomic E-state index is -0.446. The van der Waals surface area contributed by atoms with Crippen molar-refractivity contribution >= 4 is 24.4 Å². The van der Waals surface area contributed by atoms with Crippen molar-refractivity contribution in [1.29, 1.82) is 0 Å². The van der Waals surface area contributed by atoms with E-state index in [1.54, 1.807) is 6.92 Å². The van der Waals surface area contributed by atoms with Crippen LogP contribution in [-0.2, 0) is 14.1 Å². The third-order valence-electron chi connectivity index (χ3n) is 6.36. The molecule has 0 bridgehead atoms. The molecule has 0 spiro atoms. The average Bonchev–Trinajstić information content (AvgIpc) is 3.24. The maximum atomic E-state index is 11.7. The second-order valence-electron chi connectivity index (χ2n) is 8.95. The van der Waals surface area contributed by atoms with Crippen molar-refractivity contribution in [3.05, 3.63) is 12.4 Å². The van der Waals surface area contributed by atoms with Crippen LogP contribution >= 0.6 is 0 Å². The SMILES string of the molecule is CC(=O)N1CC[C@@H](N(c2ncc(B3OC(C)(C)C(C)(C)O3)cn2)C2CC2)C1. The molecule has 1 aromatic heterocycles. The summed E-state index contributed by atoms with van der Waals surface area (Å²) < 4.78 is 12.2. The fraction of sp³-hybridized carbons (Fsp3) is 0.737. The molecule has 7 nitrogen and oxygen atoms in total. The Morgan fingerprint density at radius 2 is 1.70 bits per heavy atom. The summed E-state index contributed by atoms with van der Waals surface area (Å²) in [4.78, 5) is 25.2. The zero-order chi connectivity index (χ0) is 19.4. The Morgan fingerprint density at radius 1 is 1.11 bits per heavy atom. The molecule has 8 heteroatoms. The summed E-state index contributed by atoms with van der Waals surface area (Å²) in [6.45, 7) is 11.4. The molecule has 3 fully saturated rings. The van der Waals surface area contributed by atoms with E-state index in [-0.39, 0.29) is 17.1 Å². The monoisotopic (exact) mass is 372 g/mol. The van der Waals surface area contributed by atoms with Gasteiger partial charge < -0.3 is 19.1 Å². The topological polar surface area (TPSA) is 67.8 Å². The average molecular weight is 372 g/mol. The highest BCUT2D eigenvalue weighted by Gasteiger charge is 2.52. The quantitative estimate of drug-likeness (QED) is 0.744. The van der Waals surface area contributed by atoms with Gasteiger partial charge in [-0.2, -0.15) is 0 Å². The predicted molar refractivity (Wildman–Crippen MR) is 104 cm³/mol. The predicted octanol–water partition coefficient (Wildman–Crippen LogP) is 1.37. The number of anilines is 1. The van der Waals surface area contributed by atoms with Gasteiger partial charge in [-0.3, -0.25) is 4.79 Å². The lowest BCUT2D eigenvalue weighted by atomic mass is 9.81. The van der Waals surface area contributed by atoms with Crippen LogP contribution in [-0.4, -0.2) is 64.3 Å². The summed E-state index contributed by atoms with van der Waals surface area (Å²) in [5.41, 5.74) is 0.0807. The van der Waals surface area contributed by atoms with Gasteiger partial charge in [-0.1, -0.05) is 0 Å². The summed E-state index contributed by atoms with van der Waals surface area (Å²) in [5, 5.41) is 0. The summed E-state index contributed by atoms with van der Waals surface area (Å²) in [6.07, 6.45) is 6.94. The van der Waals surface area contributed by atoms with Crippen LogP contribution < -0.4 is 10.4 Å². The normalized spacial score (nSPS) is 26.5. The third kappa shape index (κ3) is 3.45. The molecule has 1 aliphatic carbocycles. The Labute approximate surface area is 161 Å². The first-order chi connectivity index (χ1) is 12.7. The van der Waals surface area contributed by atoms with Gasteiger partial charge in [-0.05, 0) is 47.0 Å². The lowest BCUT2D eigenvalue weighted by Gasteiger charge is -2.32. The van der Waals surface area contributed by atoms with Gasteiger partial charge in [-0.25, -0.2) is 9.97 Å². The first-order valence-corrected chi connectivity index (χ1v) is 9.89. The molecular formula is C19H29BN4O3. The minimum Gasteiger partial charge on any atom is -0.399 e. The van der Waals surface area contributed by atoms with Crippen molar-refractivity contribution in [2.24, 2.45) is 0 Å². The number of carbonyl (C=O) groups is 1. The molecule has 27 heavy (non-hydrogen) atoms. The van der Waals surface area contributed by atoms with Crippen LogP contribution in [0.3, 0.4) is 0 Å². The van der Waals surface area contributed by atoms with E-state index < -0.39 is 7.12 Å². The maximum absolute atomic E-state index is 11.7. The zero-order valence-corrected chi connectivity index (χ0v) is 16.9. The Morgan fingerprint density at radius 3 is 2.19 bits per heavy atom. The summed E-state index contributed by atoms with van der Waals surface area (Å²) >= 11 is 0. The van der Waals surface area contributed by atoms with E-state index in [1.807, 2.05) is 45.0 Å². The van der Waals surface area contributed by atoms with Crippen molar-refractivity contribution in [2.45, 2.75) is 77.2 Å². The second-order valence-corrected chi connectivity index (χ2v) is 8.95. The van der Waals surface area contributed by atoms with Gasteiger partial charge in [0.1, 0.15) is 0 Å². The lowest BCUT2D eigenvalue weighted by Crippen LogP contribution is -2.42. The molecule has 1 amide bonds. The fourth-order valence-corrected chi connectivity index (χ4v) is 3.80. The molecule has 4 rings (SSSR count). The highest BCUT2D eigenvalue weighted by Crippen LogP contribution is 2.37. The number of hydrogen-bond acceptors (Lipinski definition) is 6. The number of likely N-dealkylation sites (tertiary alicyclic amines) is 1. The Balaban J connectivity index is 1.50. The molecule has 1 atom stereocenters. The number of carbonyl (C=O) groups excluding carboxylic acids is 1. The standard InChI is InChI=1S/C19H29BN4O3/c1-13(25)23-9-8-16(12-23)24(15-6-7-15)17-21-10-14(11-22-17)20-26-18(2,3)19(4,5)27-20/h10-11,15-16H,6-9,12H2,1-5H3/t16-/m1/s1. The van der Waals surface area contributed by atoms with Crippen molar-refractivity contribution in [3.63, 3.8) is 0 Å². The van der Waals surface area contributed by atoms with Crippen LogP contribution in [0.2, 0.25) is 0 Å². The van der Waals surface area contributed by atoms with Crippen molar-refractivity contribution < 1.29 is 14.1 Å². The van der Waals surface area contributed by atoms with Crippen molar-refractivity contribution in [3.8, 4) is 0 Å². The van der Waals surface area contributed by atoms with E-state index in [9.17, 15) is 4.79 Å². The first-order valence-electron chi connectivity index (χ1n) is 9.89. The highest BCUT2D eigenvalue weighted by molar-refractivity contribution is 6.61. The van der Waals surface area contributed by atoms with Gasteiger partial charge in [0.2, 0.25) is 11.9 Å². The van der Waals surface area contributed by atoms with Gasteiger partial charge >= 0.3 is 7.12 Å². The van der Waals surface area contributed by atoms with Gasteiger partial charge in [-0.15, -0.1) is 0 Å². The molecule has 0 aromatic carbocycles. The Kier molecular flexibility index (Phi) is 4.46. The van der Waals surface area contributed by atoms with E-state index in [0.29, 0.717) is 12.1 Å². The van der Waals surface area contributed by atoms with Crippen LogP contribution in [0.15, 0.2) is 12.4 Å². The largest absolute Gasteiger partial charge is 0.498 e. The molecule has 2 aliphatic heterocycles. The van der Waals surface area contributed by atoms with Gasteiger partial charge in [0.05, 0.1) is 17.2 Å². The summed E-state index contributed by atoms with van der Waals surface area (Å²) in [5.74, 6) is 0.887. The van der Waals surface area contributed by atoms with E-state index >= 15 is 0 Å². The van der Waals surface area contributed by atoms with E-state index in [4.69, 9.17) is 9.31 Å². The number of nitrogens with zero attached hydrogens (tertiary/aromatic N) is 4. The van der Waals surface area contributed by atoms with Gasteiger partial charge in [0.15, 0.2) is 0 Å². The maximum Gasteiger partial charge on any atom is 0.498 e. The zero-order valence-electron chi connectivity index (χ0n) is 16.9. The molecule has 3 aliphatic rings. The van der Waals surface area contributed by atoms with E-state index in [0.717, 1.165) is 30.9 Å². The van der Waals surface area contributed by atoms with Crippen molar-refractivity contribution in [1.82, 2.24) is 14.9 Å². The molecule has 1 saturated carbocycles. The first kappa shape index (κ1) is 18.7. The minimum absolute atomic E-state index is 0.144.